The molecule has 1 aromatic carbocycles. The molecule has 10 heteroatoms. The van der Waals surface area contributed by atoms with Gasteiger partial charge in [-0.3, -0.25) is 4.79 Å². The van der Waals surface area contributed by atoms with E-state index in [1.54, 1.807) is 30.3 Å². The van der Waals surface area contributed by atoms with Crippen LogP contribution in [0.15, 0.2) is 47.9 Å². The molecule has 2 aliphatic carbocycles. The van der Waals surface area contributed by atoms with Gasteiger partial charge in [0.15, 0.2) is 15.7 Å². The Bertz CT molecular complexity index is 1180. The highest BCUT2D eigenvalue weighted by Crippen LogP contribution is 2.50. The molecule has 6 nitrogen and oxygen atoms in total. The molecule has 1 N–H and O–H groups in total. The molecule has 0 unspecified atom stereocenters. The highest BCUT2D eigenvalue weighted by molar-refractivity contribution is 7.93. The average Bonchev–Trinajstić information content (AvgIpc) is 3.63. The van der Waals surface area contributed by atoms with Crippen LogP contribution in [0.3, 0.4) is 0 Å². The predicted octanol–water partition coefficient (Wildman–Crippen LogP) is 4.58. The first-order valence-electron chi connectivity index (χ1n) is 10.6. The molecule has 0 spiro atoms. The minimum absolute atomic E-state index is 0.0294. The zero-order chi connectivity index (χ0) is 23.8. The number of amides is 1. The maximum absolute atomic E-state index is 14.8. The van der Waals surface area contributed by atoms with Crippen molar-refractivity contribution in [2.75, 3.05) is 6.26 Å². The van der Waals surface area contributed by atoms with Gasteiger partial charge in [-0.1, -0.05) is 24.3 Å². The molecule has 0 bridgehead atoms. The number of pyridine rings is 1. The average molecular weight is 481 g/mol. The molecule has 4 rings (SSSR count). The molecule has 1 amide bonds. The molecule has 176 valence electrons. The maximum atomic E-state index is 14.8. The second kappa shape index (κ2) is 8.81. The first-order chi connectivity index (χ1) is 15.5. The number of ether oxygens (including phenoxy) is 1. The van der Waals surface area contributed by atoms with E-state index in [4.69, 9.17) is 4.74 Å². The second-order valence-corrected chi connectivity index (χ2v) is 10.4. The summed E-state index contributed by atoms with van der Waals surface area (Å²) in [5, 5.41) is 3.65. The van der Waals surface area contributed by atoms with Crippen LogP contribution >= 0.6 is 0 Å². The van der Waals surface area contributed by atoms with Gasteiger partial charge in [0.05, 0.1) is 6.04 Å². The molecule has 33 heavy (non-hydrogen) atoms. The maximum Gasteiger partial charge on any atom is 0.295 e. The summed E-state index contributed by atoms with van der Waals surface area (Å²) in [5.41, 5.74) is -1.41. The van der Waals surface area contributed by atoms with Crippen molar-refractivity contribution in [1.29, 1.82) is 0 Å². The fourth-order valence-electron chi connectivity index (χ4n) is 3.42. The molecular formula is C23H23F3N2O4S. The predicted molar refractivity (Wildman–Crippen MR) is 115 cm³/mol. The highest BCUT2D eigenvalue weighted by atomic mass is 32.2. The van der Waals surface area contributed by atoms with E-state index in [0.717, 1.165) is 24.5 Å². The number of para-hydroxylation sites is 1. The standard InChI is InChI=1S/C23H23F3N2O4S/c1-33(30,31)12-11-19(14-7-8-14)27-21(29)17-13-18(24)20(23(25,26)15-9-10-15)28-22(17)32-16-5-3-2-4-6-16/h2-6,11-15,19H,7-10H2,1H3,(H,27,29)/b12-11+/t19-/m1/s1. The number of benzene rings is 1. The van der Waals surface area contributed by atoms with Crippen LogP contribution in [0.5, 0.6) is 11.6 Å². The molecule has 1 heterocycles. The number of hydrogen-bond donors (Lipinski definition) is 1. The monoisotopic (exact) mass is 480 g/mol. The second-order valence-electron chi connectivity index (χ2n) is 8.48. The third-order valence-corrected chi connectivity index (χ3v) is 6.16. The molecule has 2 aromatic rings. The third-order valence-electron chi connectivity index (χ3n) is 5.51. The molecule has 0 aliphatic heterocycles. The van der Waals surface area contributed by atoms with Crippen LogP contribution in [-0.2, 0) is 15.8 Å². The fourth-order valence-corrected chi connectivity index (χ4v) is 3.88. The molecular weight excluding hydrogens is 457 g/mol. The van der Waals surface area contributed by atoms with Gasteiger partial charge in [-0.05, 0) is 49.8 Å². The van der Waals surface area contributed by atoms with Gasteiger partial charge in [-0.25, -0.2) is 17.8 Å². The van der Waals surface area contributed by atoms with E-state index >= 15 is 0 Å². The first-order valence-corrected chi connectivity index (χ1v) is 12.5. The van der Waals surface area contributed by atoms with Crippen molar-refractivity contribution in [3.8, 4) is 11.6 Å². The van der Waals surface area contributed by atoms with E-state index in [1.807, 2.05) is 0 Å². The molecule has 1 atom stereocenters. The normalized spacial score (nSPS) is 17.7. The van der Waals surface area contributed by atoms with Crippen molar-refractivity contribution in [2.45, 2.75) is 37.6 Å². The minimum atomic E-state index is -3.48. The van der Waals surface area contributed by atoms with Crippen molar-refractivity contribution in [3.05, 3.63) is 65.0 Å². The van der Waals surface area contributed by atoms with Crippen LogP contribution in [-0.4, -0.2) is 31.6 Å². The van der Waals surface area contributed by atoms with Gasteiger partial charge in [0.2, 0.25) is 5.88 Å². The number of hydrogen-bond acceptors (Lipinski definition) is 5. The number of rotatable bonds is 9. The summed E-state index contributed by atoms with van der Waals surface area (Å²) >= 11 is 0. The van der Waals surface area contributed by atoms with E-state index in [-0.39, 0.29) is 30.1 Å². The third kappa shape index (κ3) is 5.73. The van der Waals surface area contributed by atoms with E-state index < -0.39 is 51.0 Å². The Hall–Kier alpha value is -2.88. The molecule has 2 saturated carbocycles. The summed E-state index contributed by atoms with van der Waals surface area (Å²) in [4.78, 5) is 16.8. The lowest BCUT2D eigenvalue weighted by molar-refractivity contribution is -0.0367. The smallest absolute Gasteiger partial charge is 0.295 e. The lowest BCUT2D eigenvalue weighted by Gasteiger charge is -2.20. The lowest BCUT2D eigenvalue weighted by Crippen LogP contribution is -2.35. The van der Waals surface area contributed by atoms with Gasteiger partial charge in [0.25, 0.3) is 11.8 Å². The quantitative estimate of drug-likeness (QED) is 0.568. The van der Waals surface area contributed by atoms with Crippen molar-refractivity contribution in [2.24, 2.45) is 11.8 Å². The molecule has 0 radical (unpaired) electrons. The van der Waals surface area contributed by atoms with Crippen LogP contribution in [0.1, 0.15) is 41.7 Å². The first kappa shape index (κ1) is 23.3. The number of sulfone groups is 1. The fraction of sp³-hybridized carbons (Fsp3) is 0.391. The van der Waals surface area contributed by atoms with Crippen molar-refractivity contribution < 1.29 is 31.1 Å². The van der Waals surface area contributed by atoms with E-state index in [0.29, 0.717) is 6.07 Å². The van der Waals surface area contributed by atoms with Gasteiger partial charge in [-0.2, -0.15) is 8.78 Å². The molecule has 1 aromatic heterocycles. The molecule has 0 saturated heterocycles. The Morgan fingerprint density at radius 3 is 2.45 bits per heavy atom. The highest BCUT2D eigenvalue weighted by Gasteiger charge is 2.51. The summed E-state index contributed by atoms with van der Waals surface area (Å²) in [7, 11) is -3.42. The molecule has 2 aliphatic rings. The Balaban J connectivity index is 1.68. The van der Waals surface area contributed by atoms with E-state index in [9.17, 15) is 26.4 Å². The van der Waals surface area contributed by atoms with Crippen LogP contribution < -0.4 is 10.1 Å². The van der Waals surface area contributed by atoms with E-state index in [2.05, 4.69) is 10.3 Å². The summed E-state index contributed by atoms with van der Waals surface area (Å²) in [5.74, 6) is -6.76. The van der Waals surface area contributed by atoms with Gasteiger partial charge in [-0.15, -0.1) is 0 Å². The topological polar surface area (TPSA) is 85.4 Å². The van der Waals surface area contributed by atoms with Gasteiger partial charge >= 0.3 is 0 Å². The van der Waals surface area contributed by atoms with Crippen LogP contribution in [0, 0.1) is 17.7 Å². The van der Waals surface area contributed by atoms with E-state index in [1.165, 1.54) is 6.08 Å². The summed E-state index contributed by atoms with van der Waals surface area (Å²) in [6, 6.07) is 8.21. The number of nitrogens with one attached hydrogen (secondary N) is 1. The number of carbonyl (C=O) groups is 1. The largest absolute Gasteiger partial charge is 0.438 e. The van der Waals surface area contributed by atoms with Crippen LogP contribution in [0.25, 0.3) is 0 Å². The van der Waals surface area contributed by atoms with Crippen molar-refractivity contribution >= 4 is 15.7 Å². The van der Waals surface area contributed by atoms with Gasteiger partial charge in [0, 0.05) is 17.6 Å². The Labute approximate surface area is 189 Å². The minimum Gasteiger partial charge on any atom is -0.438 e. The van der Waals surface area contributed by atoms with Crippen LogP contribution in [0.2, 0.25) is 0 Å². The van der Waals surface area contributed by atoms with Gasteiger partial charge in [0.1, 0.15) is 17.0 Å². The zero-order valence-corrected chi connectivity index (χ0v) is 18.6. The Morgan fingerprint density at radius 1 is 1.21 bits per heavy atom. The molecule has 2 fully saturated rings. The van der Waals surface area contributed by atoms with Crippen LogP contribution in [0.4, 0.5) is 13.2 Å². The lowest BCUT2D eigenvalue weighted by atomic mass is 10.1. The SMILES string of the molecule is CS(=O)(=O)/C=C/[C@@H](NC(=O)c1cc(F)c(C(F)(F)C2CC2)nc1Oc1ccccc1)C1CC1. The number of alkyl halides is 2. The van der Waals surface area contributed by atoms with Crippen molar-refractivity contribution in [3.63, 3.8) is 0 Å². The zero-order valence-electron chi connectivity index (χ0n) is 17.8. The Kier molecular flexibility index (Phi) is 6.22. The summed E-state index contributed by atoms with van der Waals surface area (Å²) < 4.78 is 72.6. The Morgan fingerprint density at radius 2 is 1.88 bits per heavy atom. The van der Waals surface area contributed by atoms with Gasteiger partial charge < -0.3 is 10.1 Å². The number of carbonyl (C=O) groups excluding carboxylic acids is 1. The summed E-state index contributed by atoms with van der Waals surface area (Å²) in [6.45, 7) is 0. The summed E-state index contributed by atoms with van der Waals surface area (Å²) in [6.07, 6.45) is 4.49. The van der Waals surface area contributed by atoms with Crippen molar-refractivity contribution in [1.82, 2.24) is 10.3 Å². The number of nitrogens with zero attached hydrogens (tertiary/aromatic N) is 1. The number of aromatic nitrogens is 1. The number of halogens is 3.